The van der Waals surface area contributed by atoms with Crippen LogP contribution in [-0.2, 0) is 59.7 Å². The predicted molar refractivity (Wildman–Crippen MR) is 16.2 cm³/mol. The predicted octanol–water partition coefficient (Wildman–Crippen LogP) is -0.181. The van der Waals surface area contributed by atoms with Gasteiger partial charge in [-0.2, -0.15) is 0 Å². The van der Waals surface area contributed by atoms with E-state index in [-0.39, 0.29) is 106 Å². The Morgan fingerprint density at radius 2 is 1.17 bits per heavy atom. The molecule has 0 aromatic carbocycles. The van der Waals surface area contributed by atoms with Gasteiger partial charge >= 0.3 is 51.4 Å². The zero-order chi connectivity index (χ0) is 2.00. The average molecular weight is 260 g/mol. The first-order chi connectivity index (χ1) is 1.00. The van der Waals surface area contributed by atoms with Crippen LogP contribution in [0.5, 0.6) is 0 Å². The van der Waals surface area contributed by atoms with E-state index in [0.717, 1.165) is 0 Å². The molecule has 0 rings (SSSR count). The Labute approximate surface area is 117 Å². The van der Waals surface area contributed by atoms with E-state index in [2.05, 4.69) is 0 Å². The molecular weight excluding hydrogens is 258 g/mol. The molecule has 6 heavy (non-hydrogen) atoms. The maximum absolute atomic E-state index is 8.06. The second-order valence-electron chi connectivity index (χ2n) is 0. The summed E-state index contributed by atoms with van der Waals surface area (Å²) in [6.45, 7) is 0. The minimum Gasteiger partial charge on any atom is 0 e. The summed E-state index contributed by atoms with van der Waals surface area (Å²) in [5.74, 6) is 0. The molecule has 0 spiro atoms. The maximum atomic E-state index is 8.06. The van der Waals surface area contributed by atoms with Gasteiger partial charge in [0.05, 0.1) is 0 Å². The molecule has 0 atom stereocenters. The SMILES string of the molecule is O=P.[Fe].[KH].[V].[Zn]. The van der Waals surface area contributed by atoms with E-state index >= 15 is 0 Å². The zero-order valence-electron chi connectivity index (χ0n) is 2.42. The van der Waals surface area contributed by atoms with Crippen LogP contribution in [0.3, 0.4) is 0 Å². The first kappa shape index (κ1) is 34.0. The Balaban J connectivity index is -0.000000000833. The topological polar surface area (TPSA) is 17.1 Å². The molecule has 0 amide bonds. The molecule has 0 saturated carbocycles. The fourth-order valence-electron chi connectivity index (χ4n) is 0. The van der Waals surface area contributed by atoms with Gasteiger partial charge in [-0.15, -0.1) is 0 Å². The van der Waals surface area contributed by atoms with Crippen LogP contribution in [-0.4, -0.2) is 51.4 Å². The molecule has 0 fully saturated rings. The van der Waals surface area contributed by atoms with Gasteiger partial charge in [0, 0.05) is 55.1 Å². The fraction of sp³-hybridized carbons (Fsp3) is 0. The molecule has 1 radical (unpaired) electrons. The fourth-order valence-corrected chi connectivity index (χ4v) is 0. The third kappa shape index (κ3) is 26.0. The Morgan fingerprint density at radius 1 is 1.17 bits per heavy atom. The van der Waals surface area contributed by atoms with Crippen molar-refractivity contribution in [3.8, 4) is 0 Å². The standard InChI is InChI=1S/Fe.K.HOP.V.Zn.H/c;;1-2;;;/h;;2H;;;. The van der Waals surface area contributed by atoms with Crippen LogP contribution in [0.25, 0.3) is 0 Å². The monoisotopic (exact) mass is 259 g/mol. The quantitative estimate of drug-likeness (QED) is 0.436. The van der Waals surface area contributed by atoms with Crippen molar-refractivity contribution < 1.29 is 59.7 Å². The summed E-state index contributed by atoms with van der Waals surface area (Å²) >= 11 is 0. The number of rotatable bonds is 0. The Kier molecular flexibility index (Phi) is 223. The van der Waals surface area contributed by atoms with E-state index in [1.807, 2.05) is 0 Å². The summed E-state index contributed by atoms with van der Waals surface area (Å²) < 4.78 is 8.06. The van der Waals surface area contributed by atoms with Gasteiger partial charge in [0.25, 0.3) is 0 Å². The van der Waals surface area contributed by atoms with E-state index < -0.39 is 0 Å². The molecule has 0 aliphatic rings. The Hall–Kier alpha value is 3.46. The number of hydrogen-bond acceptors (Lipinski definition) is 1. The molecule has 0 unspecified atom stereocenters. The second-order valence-corrected chi connectivity index (χ2v) is 0. The van der Waals surface area contributed by atoms with E-state index in [0.29, 0.717) is 0 Å². The average Bonchev–Trinajstić information content (AvgIpc) is 1.00. The molecule has 1 nitrogen and oxygen atoms in total. The maximum Gasteiger partial charge on any atom is 0 e. The van der Waals surface area contributed by atoms with Crippen LogP contribution >= 0.6 is 9.12 Å². The van der Waals surface area contributed by atoms with Crippen molar-refractivity contribution in [2.75, 3.05) is 0 Å². The Bertz CT molecular complexity index is 15.5. The molecule has 0 heterocycles. The van der Waals surface area contributed by atoms with Crippen molar-refractivity contribution in [3.63, 3.8) is 0 Å². The minimum atomic E-state index is 0. The summed E-state index contributed by atoms with van der Waals surface area (Å²) in [7, 11) is 1.72. The zero-order valence-corrected chi connectivity index (χ0v) is 8.88. The van der Waals surface area contributed by atoms with Gasteiger partial charge in [0.2, 0.25) is 0 Å². The van der Waals surface area contributed by atoms with Gasteiger partial charge in [0.15, 0.2) is 0 Å². The van der Waals surface area contributed by atoms with E-state index in [1.165, 1.54) is 0 Å². The summed E-state index contributed by atoms with van der Waals surface area (Å²) in [4.78, 5) is 0. The van der Waals surface area contributed by atoms with E-state index in [1.54, 1.807) is 9.12 Å². The third-order valence-corrected chi connectivity index (χ3v) is 0. The van der Waals surface area contributed by atoms with Crippen molar-refractivity contribution in [3.05, 3.63) is 0 Å². The minimum absolute atomic E-state index is 0. The van der Waals surface area contributed by atoms with Crippen LogP contribution in [0.2, 0.25) is 0 Å². The van der Waals surface area contributed by atoms with Gasteiger partial charge in [-0.1, -0.05) is 0 Å². The molecule has 0 aromatic rings. The van der Waals surface area contributed by atoms with Gasteiger partial charge in [-0.3, -0.25) is 4.57 Å². The van der Waals surface area contributed by atoms with Crippen molar-refractivity contribution >= 4 is 60.5 Å². The first-order valence-corrected chi connectivity index (χ1v) is 0.612. The van der Waals surface area contributed by atoms with Gasteiger partial charge in [-0.05, 0) is 0 Å². The van der Waals surface area contributed by atoms with Crippen molar-refractivity contribution in [2.24, 2.45) is 0 Å². The third-order valence-electron chi connectivity index (χ3n) is 0. The molecule has 0 aliphatic carbocycles. The van der Waals surface area contributed by atoms with E-state index in [9.17, 15) is 0 Å². The molecule has 0 bridgehead atoms. The molecule has 0 aromatic heterocycles. The van der Waals surface area contributed by atoms with Crippen LogP contribution in [0.15, 0.2) is 0 Å². The molecule has 0 N–H and O–H groups in total. The van der Waals surface area contributed by atoms with Gasteiger partial charge in [0.1, 0.15) is 9.12 Å². The largest absolute Gasteiger partial charge is 0 e. The van der Waals surface area contributed by atoms with Crippen molar-refractivity contribution in [2.45, 2.75) is 0 Å². The first-order valence-electron chi connectivity index (χ1n) is 0.204. The van der Waals surface area contributed by atoms with Crippen LogP contribution in [0.1, 0.15) is 0 Å². The Morgan fingerprint density at radius 3 is 1.17 bits per heavy atom. The second kappa shape index (κ2) is 39.3. The van der Waals surface area contributed by atoms with Crippen LogP contribution < -0.4 is 0 Å². The molecule has 6 heteroatoms. The molecule has 0 saturated heterocycles. The molecule has 0 aliphatic heterocycles. The summed E-state index contributed by atoms with van der Waals surface area (Å²) in [6.07, 6.45) is 0. The molecular formula is H2FeKOPVZn. The molecule has 29 valence electrons. The van der Waals surface area contributed by atoms with Crippen molar-refractivity contribution in [1.29, 1.82) is 0 Å². The van der Waals surface area contributed by atoms with Gasteiger partial charge < -0.3 is 0 Å². The summed E-state index contributed by atoms with van der Waals surface area (Å²) in [5.41, 5.74) is 0. The summed E-state index contributed by atoms with van der Waals surface area (Å²) in [6, 6.07) is 0. The van der Waals surface area contributed by atoms with Crippen LogP contribution in [0, 0.1) is 0 Å². The van der Waals surface area contributed by atoms with Gasteiger partial charge in [-0.25, -0.2) is 0 Å². The van der Waals surface area contributed by atoms with Crippen molar-refractivity contribution in [1.82, 2.24) is 0 Å². The smallest absolute Gasteiger partial charge is 0 e. The van der Waals surface area contributed by atoms with Crippen LogP contribution in [0.4, 0.5) is 0 Å². The number of hydrogen-bond donors (Lipinski definition) is 0. The summed E-state index contributed by atoms with van der Waals surface area (Å²) in [5, 5.41) is 0. The normalized spacial score (nSPS) is 0.667. The van der Waals surface area contributed by atoms with E-state index in [4.69, 9.17) is 4.57 Å².